The molecule has 0 radical (unpaired) electrons. The monoisotopic (exact) mass is 301 g/mol. The third-order valence-electron chi connectivity index (χ3n) is 4.98. The van der Waals surface area contributed by atoms with E-state index in [0.29, 0.717) is 6.42 Å². The van der Waals surface area contributed by atoms with Crippen LogP contribution in [0.1, 0.15) is 33.9 Å². The van der Waals surface area contributed by atoms with E-state index < -0.39 is 0 Å². The Morgan fingerprint density at radius 1 is 1.09 bits per heavy atom. The van der Waals surface area contributed by atoms with Crippen molar-refractivity contribution in [1.29, 1.82) is 5.26 Å². The maximum atomic E-state index is 12.9. The quantitative estimate of drug-likeness (QED) is 0.866. The van der Waals surface area contributed by atoms with Gasteiger partial charge in [-0.15, -0.1) is 0 Å². The first kappa shape index (κ1) is 13.9. The Bertz CT molecular complexity index is 819. The van der Waals surface area contributed by atoms with E-state index in [2.05, 4.69) is 30.5 Å². The van der Waals surface area contributed by atoms with Crippen molar-refractivity contribution in [3.05, 3.63) is 77.5 Å². The van der Waals surface area contributed by atoms with E-state index in [4.69, 9.17) is 0 Å². The Morgan fingerprint density at radius 3 is 2.61 bits per heavy atom. The van der Waals surface area contributed by atoms with Crippen LogP contribution < -0.4 is 4.90 Å². The van der Waals surface area contributed by atoms with Crippen molar-refractivity contribution >= 4 is 11.9 Å². The number of nitriles is 1. The molecule has 0 aliphatic carbocycles. The maximum Gasteiger partial charge on any atom is 0.220 e. The van der Waals surface area contributed by atoms with Crippen molar-refractivity contribution in [3.8, 4) is 6.07 Å². The lowest BCUT2D eigenvalue weighted by molar-refractivity contribution is -0.883. The van der Waals surface area contributed by atoms with Gasteiger partial charge in [-0.1, -0.05) is 54.6 Å². The largest absolute Gasteiger partial charge is 0.292 e. The highest BCUT2D eigenvalue weighted by molar-refractivity contribution is 5.99. The van der Waals surface area contributed by atoms with Crippen molar-refractivity contribution in [2.75, 3.05) is 0 Å². The van der Waals surface area contributed by atoms with Crippen LogP contribution in [0.2, 0.25) is 0 Å². The van der Waals surface area contributed by atoms with Crippen LogP contribution in [-0.4, -0.2) is 11.8 Å². The number of Topliss-reactive ketones (excluding diaryl/α,β-unsaturated/α-hetero) is 1. The van der Waals surface area contributed by atoms with Crippen molar-refractivity contribution < 1.29 is 9.69 Å². The molecule has 23 heavy (non-hydrogen) atoms. The molecular formula is C20H17N2O+. The van der Waals surface area contributed by atoms with Crippen LogP contribution in [0.25, 0.3) is 6.08 Å². The summed E-state index contributed by atoms with van der Waals surface area (Å²) in [5.41, 5.74) is 3.07. The fourth-order valence-electron chi connectivity index (χ4n) is 3.91. The lowest BCUT2D eigenvalue weighted by Crippen LogP contribution is -3.11. The van der Waals surface area contributed by atoms with E-state index in [1.165, 1.54) is 5.56 Å². The zero-order valence-electron chi connectivity index (χ0n) is 12.6. The minimum Gasteiger partial charge on any atom is -0.292 e. The van der Waals surface area contributed by atoms with Gasteiger partial charge in [0.15, 0.2) is 6.04 Å². The summed E-state index contributed by atoms with van der Waals surface area (Å²) in [6.07, 6.45) is 4.75. The number of hydrogen-bond acceptors (Lipinski definition) is 2. The Labute approximate surface area is 135 Å². The third kappa shape index (κ3) is 2.19. The van der Waals surface area contributed by atoms with Gasteiger partial charge in [-0.2, -0.15) is 5.26 Å². The molecule has 4 atom stereocenters. The average Bonchev–Trinajstić information content (AvgIpc) is 3.01. The number of carbonyl (C=O) groups is 1. The van der Waals surface area contributed by atoms with Crippen molar-refractivity contribution in [2.24, 2.45) is 5.92 Å². The molecule has 112 valence electrons. The Hall–Kier alpha value is -2.70. The number of nitrogens with one attached hydrogen (secondary N) is 1. The number of nitrogens with zero attached hydrogens (tertiary/aromatic N) is 1. The van der Waals surface area contributed by atoms with E-state index in [1.54, 1.807) is 0 Å². The molecule has 2 aromatic carbocycles. The SMILES string of the molecule is N#C[C@@H]1C[C@@H](C(=O)c2ccccc2)[NH+]2C=Cc3ccccc3[C@H]12. The summed E-state index contributed by atoms with van der Waals surface area (Å²) in [6.45, 7) is 0. The van der Waals surface area contributed by atoms with Crippen LogP contribution in [-0.2, 0) is 0 Å². The van der Waals surface area contributed by atoms with Gasteiger partial charge in [0.25, 0.3) is 0 Å². The van der Waals surface area contributed by atoms with Crippen molar-refractivity contribution in [1.82, 2.24) is 0 Å². The van der Waals surface area contributed by atoms with Crippen LogP contribution in [0.3, 0.4) is 0 Å². The minimum atomic E-state index is -0.184. The van der Waals surface area contributed by atoms with Gasteiger partial charge in [-0.05, 0) is 11.6 Å². The number of rotatable bonds is 2. The van der Waals surface area contributed by atoms with Gasteiger partial charge < -0.3 is 0 Å². The Kier molecular flexibility index (Phi) is 3.33. The smallest absolute Gasteiger partial charge is 0.220 e. The molecule has 0 bridgehead atoms. The third-order valence-corrected chi connectivity index (χ3v) is 4.98. The first-order valence-electron chi connectivity index (χ1n) is 7.92. The highest BCUT2D eigenvalue weighted by Crippen LogP contribution is 2.33. The van der Waals surface area contributed by atoms with Crippen LogP contribution >= 0.6 is 0 Å². The molecule has 1 N–H and O–H groups in total. The second-order valence-electron chi connectivity index (χ2n) is 6.19. The average molecular weight is 301 g/mol. The van der Waals surface area contributed by atoms with Gasteiger partial charge in [0.05, 0.1) is 12.3 Å². The lowest BCUT2D eigenvalue weighted by atomic mass is 9.89. The molecule has 0 aromatic heterocycles. The molecule has 3 nitrogen and oxygen atoms in total. The second kappa shape index (κ2) is 5.49. The Balaban J connectivity index is 1.74. The summed E-state index contributed by atoms with van der Waals surface area (Å²) >= 11 is 0. The summed E-state index contributed by atoms with van der Waals surface area (Å²) in [6, 6.07) is 19.9. The molecule has 1 saturated heterocycles. The summed E-state index contributed by atoms with van der Waals surface area (Å²) in [5.74, 6) is 0.00106. The molecule has 2 heterocycles. The first-order chi connectivity index (χ1) is 11.3. The number of benzene rings is 2. The van der Waals surface area contributed by atoms with Crippen LogP contribution in [0.15, 0.2) is 60.8 Å². The van der Waals surface area contributed by atoms with Gasteiger partial charge >= 0.3 is 0 Å². The van der Waals surface area contributed by atoms with Gasteiger partial charge in [-0.3, -0.25) is 9.69 Å². The van der Waals surface area contributed by atoms with Crippen molar-refractivity contribution in [3.63, 3.8) is 0 Å². The number of fused-ring (bicyclic) bond motifs is 3. The van der Waals surface area contributed by atoms with Crippen LogP contribution in [0.4, 0.5) is 0 Å². The molecule has 1 unspecified atom stereocenters. The fraction of sp³-hybridized carbons (Fsp3) is 0.200. The number of carbonyl (C=O) groups excluding carboxylic acids is 1. The van der Waals surface area contributed by atoms with Crippen LogP contribution in [0, 0.1) is 17.2 Å². The summed E-state index contributed by atoms with van der Waals surface area (Å²) in [5, 5.41) is 9.60. The van der Waals surface area contributed by atoms with E-state index in [1.807, 2.05) is 42.5 Å². The summed E-state index contributed by atoms with van der Waals surface area (Å²) < 4.78 is 0. The molecule has 1 fully saturated rings. The number of quaternary nitrogens is 1. The topological polar surface area (TPSA) is 45.3 Å². The second-order valence-corrected chi connectivity index (χ2v) is 6.19. The molecular weight excluding hydrogens is 284 g/mol. The van der Waals surface area contributed by atoms with E-state index in [0.717, 1.165) is 16.0 Å². The molecule has 4 rings (SSSR count). The number of hydrogen-bond donors (Lipinski definition) is 1. The summed E-state index contributed by atoms with van der Waals surface area (Å²) in [4.78, 5) is 14.0. The first-order valence-corrected chi connectivity index (χ1v) is 7.92. The van der Waals surface area contributed by atoms with Crippen LogP contribution in [0.5, 0.6) is 0 Å². The fourth-order valence-corrected chi connectivity index (χ4v) is 3.91. The highest BCUT2D eigenvalue weighted by atomic mass is 16.1. The minimum absolute atomic E-state index is 0.0545. The molecule has 0 amide bonds. The number of ketones is 1. The summed E-state index contributed by atoms with van der Waals surface area (Å²) in [7, 11) is 0. The zero-order chi connectivity index (χ0) is 15.8. The molecule has 2 aromatic rings. The van der Waals surface area contributed by atoms with Gasteiger partial charge in [-0.25, -0.2) is 0 Å². The predicted octanol–water partition coefficient (Wildman–Crippen LogP) is 2.39. The molecule has 2 aliphatic heterocycles. The molecule has 0 saturated carbocycles. The molecule has 2 aliphatic rings. The predicted molar refractivity (Wildman–Crippen MR) is 87.5 cm³/mol. The van der Waals surface area contributed by atoms with E-state index in [9.17, 15) is 10.1 Å². The Morgan fingerprint density at radius 2 is 1.83 bits per heavy atom. The normalized spacial score (nSPS) is 27.8. The zero-order valence-corrected chi connectivity index (χ0v) is 12.6. The standard InChI is InChI=1S/C20H16N2O/c21-13-16-12-18(20(23)15-7-2-1-3-8-15)22-11-10-14-6-4-5-9-17(14)19(16)22/h1-11,16,18-19H,12H2/p+1/t16-,18-,19-/m0/s1. The molecule has 0 spiro atoms. The maximum absolute atomic E-state index is 12.9. The van der Waals surface area contributed by atoms with Crippen molar-refractivity contribution in [2.45, 2.75) is 18.5 Å². The highest BCUT2D eigenvalue weighted by Gasteiger charge is 2.50. The van der Waals surface area contributed by atoms with Gasteiger partial charge in [0.2, 0.25) is 5.78 Å². The van der Waals surface area contributed by atoms with E-state index >= 15 is 0 Å². The lowest BCUT2D eigenvalue weighted by Gasteiger charge is -2.27. The molecule has 3 heteroatoms. The van der Waals surface area contributed by atoms with E-state index in [-0.39, 0.29) is 23.8 Å². The van der Waals surface area contributed by atoms with Gasteiger partial charge in [0.1, 0.15) is 12.0 Å². The van der Waals surface area contributed by atoms with Gasteiger partial charge in [0, 0.05) is 17.5 Å².